The van der Waals surface area contributed by atoms with Gasteiger partial charge < -0.3 is 15.0 Å². The third kappa shape index (κ3) is 3.72. The average molecular weight is 320 g/mol. The second-order valence-corrected chi connectivity index (χ2v) is 6.29. The molecule has 2 amide bonds. The topological polar surface area (TPSA) is 76.5 Å². The van der Waals surface area contributed by atoms with Gasteiger partial charge in [-0.1, -0.05) is 12.8 Å². The van der Waals surface area contributed by atoms with Crippen molar-refractivity contribution in [3.63, 3.8) is 0 Å². The Morgan fingerprint density at radius 2 is 2.17 bits per heavy atom. The van der Waals surface area contributed by atoms with Crippen LogP contribution in [-0.2, 0) is 20.9 Å². The summed E-state index contributed by atoms with van der Waals surface area (Å²) in [5.74, 6) is -0.0563. The monoisotopic (exact) mass is 320 g/mol. The number of carbonyl (C=O) groups is 2. The first-order valence-corrected chi connectivity index (χ1v) is 8.29. The fraction of sp³-hybridized carbons (Fsp3) is 0.688. The Kier molecular flexibility index (Phi) is 4.95. The number of hydrogen-bond acceptors (Lipinski definition) is 4. The molecule has 1 fully saturated rings. The van der Waals surface area contributed by atoms with Crippen LogP contribution < -0.4 is 5.32 Å². The fourth-order valence-electron chi connectivity index (χ4n) is 3.38. The van der Waals surface area contributed by atoms with Crippen molar-refractivity contribution in [2.75, 3.05) is 20.2 Å². The minimum Gasteiger partial charge on any atom is -0.368 e. The van der Waals surface area contributed by atoms with Crippen molar-refractivity contribution in [3.8, 4) is 0 Å². The summed E-state index contributed by atoms with van der Waals surface area (Å²) in [6.07, 6.45) is 6.76. The molecule has 0 saturated heterocycles. The van der Waals surface area contributed by atoms with E-state index in [1.165, 1.54) is 12.8 Å². The van der Waals surface area contributed by atoms with Gasteiger partial charge in [0.05, 0.1) is 30.8 Å². The van der Waals surface area contributed by atoms with Gasteiger partial charge in [-0.25, -0.2) is 0 Å². The molecule has 126 valence electrons. The van der Waals surface area contributed by atoms with Crippen LogP contribution in [0.15, 0.2) is 12.3 Å². The average Bonchev–Trinajstić information content (AvgIpc) is 3.23. The molecule has 23 heavy (non-hydrogen) atoms. The molecule has 0 spiro atoms. The molecular formula is C16H24N4O3. The highest BCUT2D eigenvalue weighted by molar-refractivity contribution is 5.78. The Hall–Kier alpha value is -1.89. The van der Waals surface area contributed by atoms with Gasteiger partial charge in [0, 0.05) is 19.8 Å². The maximum absolute atomic E-state index is 12.5. The summed E-state index contributed by atoms with van der Waals surface area (Å²) in [6.45, 7) is 1.15. The summed E-state index contributed by atoms with van der Waals surface area (Å²) >= 11 is 0. The maximum Gasteiger partial charge on any atom is 0.249 e. The van der Waals surface area contributed by atoms with E-state index in [9.17, 15) is 9.59 Å². The number of hydrogen-bond donors (Lipinski definition) is 1. The lowest BCUT2D eigenvalue weighted by Gasteiger charge is -2.33. The predicted octanol–water partition coefficient (Wildman–Crippen LogP) is 0.862. The highest BCUT2D eigenvalue weighted by Gasteiger charge is 2.30. The van der Waals surface area contributed by atoms with Crippen LogP contribution in [0.5, 0.6) is 0 Å². The third-order valence-electron chi connectivity index (χ3n) is 4.68. The zero-order chi connectivity index (χ0) is 16.2. The summed E-state index contributed by atoms with van der Waals surface area (Å²) in [7, 11) is 1.62. The van der Waals surface area contributed by atoms with E-state index in [1.807, 2.05) is 10.7 Å². The number of nitrogens with one attached hydrogen (secondary N) is 1. The van der Waals surface area contributed by atoms with Gasteiger partial charge in [0.25, 0.3) is 0 Å². The van der Waals surface area contributed by atoms with Gasteiger partial charge >= 0.3 is 0 Å². The minimum absolute atomic E-state index is 0.00810. The van der Waals surface area contributed by atoms with Crippen LogP contribution in [-0.4, -0.2) is 52.8 Å². The molecular weight excluding hydrogens is 296 g/mol. The van der Waals surface area contributed by atoms with Crippen molar-refractivity contribution in [3.05, 3.63) is 18.0 Å². The highest BCUT2D eigenvalue weighted by atomic mass is 16.5. The van der Waals surface area contributed by atoms with Crippen molar-refractivity contribution >= 4 is 11.8 Å². The van der Waals surface area contributed by atoms with Gasteiger partial charge in [-0.05, 0) is 18.9 Å². The van der Waals surface area contributed by atoms with Gasteiger partial charge in [0.2, 0.25) is 11.8 Å². The Labute approximate surface area is 136 Å². The van der Waals surface area contributed by atoms with Crippen molar-refractivity contribution in [1.82, 2.24) is 20.0 Å². The predicted molar refractivity (Wildman–Crippen MR) is 83.6 cm³/mol. The third-order valence-corrected chi connectivity index (χ3v) is 4.68. The van der Waals surface area contributed by atoms with Crippen LogP contribution in [0.4, 0.5) is 0 Å². The molecule has 1 aliphatic carbocycles. The standard InChI is InChI=1S/C16H24N4O3/c1-17-15(21)8-13-10-19(9-12-6-7-18-20(12)13)16(22)11-23-14-4-2-3-5-14/h6-7,13-14H,2-5,8-11H2,1H3,(H,17,21). The smallest absolute Gasteiger partial charge is 0.249 e. The van der Waals surface area contributed by atoms with Gasteiger partial charge in [-0.15, -0.1) is 0 Å². The van der Waals surface area contributed by atoms with Gasteiger partial charge in [0.15, 0.2) is 0 Å². The zero-order valence-corrected chi connectivity index (χ0v) is 13.5. The van der Waals surface area contributed by atoms with E-state index < -0.39 is 0 Å². The van der Waals surface area contributed by atoms with Crippen molar-refractivity contribution in [2.24, 2.45) is 0 Å². The van der Waals surface area contributed by atoms with Crippen LogP contribution in [0, 0.1) is 0 Å². The van der Waals surface area contributed by atoms with E-state index >= 15 is 0 Å². The molecule has 2 heterocycles. The number of carbonyl (C=O) groups excluding carboxylic acids is 2. The zero-order valence-electron chi connectivity index (χ0n) is 13.5. The molecule has 1 N–H and O–H groups in total. The first-order chi connectivity index (χ1) is 11.2. The van der Waals surface area contributed by atoms with Crippen LogP contribution >= 0.6 is 0 Å². The summed E-state index contributed by atoms with van der Waals surface area (Å²) in [5.41, 5.74) is 0.958. The number of aromatic nitrogens is 2. The summed E-state index contributed by atoms with van der Waals surface area (Å²) in [4.78, 5) is 25.9. The lowest BCUT2D eigenvalue weighted by Crippen LogP contribution is -2.44. The molecule has 1 atom stereocenters. The van der Waals surface area contributed by atoms with Crippen LogP contribution in [0.1, 0.15) is 43.8 Å². The second kappa shape index (κ2) is 7.12. The second-order valence-electron chi connectivity index (χ2n) is 6.29. The first-order valence-electron chi connectivity index (χ1n) is 8.29. The van der Waals surface area contributed by atoms with Crippen LogP contribution in [0.25, 0.3) is 0 Å². The van der Waals surface area contributed by atoms with Gasteiger partial charge in [-0.3, -0.25) is 14.3 Å². The summed E-state index contributed by atoms with van der Waals surface area (Å²) in [5, 5.41) is 6.93. The lowest BCUT2D eigenvalue weighted by atomic mass is 10.1. The molecule has 2 aliphatic rings. The van der Waals surface area contributed by atoms with E-state index in [1.54, 1.807) is 18.1 Å². The van der Waals surface area contributed by atoms with E-state index in [-0.39, 0.29) is 30.6 Å². The van der Waals surface area contributed by atoms with E-state index in [0.29, 0.717) is 19.5 Å². The lowest BCUT2D eigenvalue weighted by molar-refractivity contribution is -0.140. The molecule has 0 radical (unpaired) electrons. The Morgan fingerprint density at radius 1 is 1.39 bits per heavy atom. The fourth-order valence-corrected chi connectivity index (χ4v) is 3.38. The quantitative estimate of drug-likeness (QED) is 0.873. The summed E-state index contributed by atoms with van der Waals surface area (Å²) in [6, 6.07) is 1.78. The number of rotatable bonds is 5. The highest BCUT2D eigenvalue weighted by Crippen LogP contribution is 2.24. The molecule has 7 nitrogen and oxygen atoms in total. The minimum atomic E-state index is -0.121. The van der Waals surface area contributed by atoms with Crippen molar-refractivity contribution < 1.29 is 14.3 Å². The molecule has 1 saturated carbocycles. The molecule has 0 aromatic carbocycles. The molecule has 1 aromatic rings. The molecule has 0 bridgehead atoms. The van der Waals surface area contributed by atoms with Gasteiger partial charge in [0.1, 0.15) is 6.61 Å². The van der Waals surface area contributed by atoms with Gasteiger partial charge in [-0.2, -0.15) is 5.10 Å². The van der Waals surface area contributed by atoms with Crippen LogP contribution in [0.3, 0.4) is 0 Å². The van der Waals surface area contributed by atoms with Crippen LogP contribution in [0.2, 0.25) is 0 Å². The largest absolute Gasteiger partial charge is 0.368 e. The molecule has 1 unspecified atom stereocenters. The maximum atomic E-state index is 12.5. The summed E-state index contributed by atoms with van der Waals surface area (Å²) < 4.78 is 7.59. The molecule has 3 rings (SSSR count). The Bertz CT molecular complexity index is 565. The number of fused-ring (bicyclic) bond motifs is 1. The Balaban J connectivity index is 1.61. The first kappa shape index (κ1) is 16.0. The van der Waals surface area contributed by atoms with E-state index in [4.69, 9.17) is 4.74 Å². The molecule has 1 aromatic heterocycles. The number of ether oxygens (including phenoxy) is 1. The van der Waals surface area contributed by atoms with E-state index in [2.05, 4.69) is 10.4 Å². The van der Waals surface area contributed by atoms with Crippen molar-refractivity contribution in [2.45, 2.75) is 50.8 Å². The number of amides is 2. The van der Waals surface area contributed by atoms with Crippen molar-refractivity contribution in [1.29, 1.82) is 0 Å². The normalized spacial score (nSPS) is 21.3. The van der Waals surface area contributed by atoms with E-state index in [0.717, 1.165) is 18.5 Å². The number of nitrogens with zero attached hydrogens (tertiary/aromatic N) is 3. The Morgan fingerprint density at radius 3 is 2.91 bits per heavy atom. The molecule has 7 heteroatoms. The molecule has 1 aliphatic heterocycles. The SMILES string of the molecule is CNC(=O)CC1CN(C(=O)COC2CCCC2)Cc2ccnn21.